The molecule has 1 aromatic heterocycles. The van der Waals surface area contributed by atoms with Crippen LogP contribution in [0.4, 0.5) is 26.3 Å². The number of hydrogen-bond acceptors (Lipinski definition) is 3. The monoisotopic (exact) mass is 525 g/mol. The highest BCUT2D eigenvalue weighted by Crippen LogP contribution is 2.38. The molecule has 3 aromatic rings. The van der Waals surface area contributed by atoms with Gasteiger partial charge in [-0.05, 0) is 49.1 Å². The Morgan fingerprint density at radius 3 is 2.27 bits per heavy atom. The van der Waals surface area contributed by atoms with Crippen molar-refractivity contribution in [1.29, 1.82) is 0 Å². The maximum atomic E-state index is 13.6. The molecule has 11 heteroatoms. The van der Waals surface area contributed by atoms with E-state index in [2.05, 4.69) is 9.88 Å². The zero-order chi connectivity index (χ0) is 26.5. The minimum Gasteiger partial charge on any atom is -0.395 e. The smallest absolute Gasteiger partial charge is 0.395 e. The molecule has 3 atom stereocenters. The lowest BCUT2D eigenvalue weighted by atomic mass is 9.97. The molecule has 0 spiro atoms. The third-order valence-corrected chi connectivity index (χ3v) is 7.48. The summed E-state index contributed by atoms with van der Waals surface area (Å²) < 4.78 is 80.7. The normalized spacial score (nSPS) is 23.0. The fourth-order valence-electron chi connectivity index (χ4n) is 5.65. The molecule has 2 aliphatic rings. The van der Waals surface area contributed by atoms with Crippen LogP contribution in [0.3, 0.4) is 0 Å². The van der Waals surface area contributed by atoms with Gasteiger partial charge in [-0.25, -0.2) is 0 Å². The molecule has 0 saturated carbocycles. The molecule has 2 fully saturated rings. The fraction of sp³-hybridized carbons (Fsp3) is 0.423. The molecule has 0 aliphatic carbocycles. The summed E-state index contributed by atoms with van der Waals surface area (Å²) >= 11 is 0. The molecular formula is C26H25F6N3O2. The molecule has 0 radical (unpaired) electrons. The number of H-pyrrole nitrogens is 1. The molecule has 5 nitrogen and oxygen atoms in total. The first-order valence-corrected chi connectivity index (χ1v) is 12.0. The number of nitrogens with one attached hydrogen (secondary N) is 1. The van der Waals surface area contributed by atoms with Crippen LogP contribution in [0.25, 0.3) is 10.9 Å². The highest BCUT2D eigenvalue weighted by Gasteiger charge is 2.44. The van der Waals surface area contributed by atoms with Crippen LogP contribution in [0.15, 0.2) is 48.7 Å². The summed E-state index contributed by atoms with van der Waals surface area (Å²) in [7, 11) is 0. The zero-order valence-electron chi connectivity index (χ0n) is 19.6. The van der Waals surface area contributed by atoms with E-state index in [1.54, 1.807) is 6.20 Å². The van der Waals surface area contributed by atoms with Crippen molar-refractivity contribution in [3.05, 3.63) is 70.9 Å². The predicted octanol–water partition coefficient (Wildman–Crippen LogP) is 5.10. The molecule has 5 rings (SSSR count). The summed E-state index contributed by atoms with van der Waals surface area (Å²) in [6.45, 7) is 0.443. The number of hydrogen-bond donors (Lipinski definition) is 2. The average molecular weight is 525 g/mol. The molecule has 0 bridgehead atoms. The van der Waals surface area contributed by atoms with E-state index < -0.39 is 41.0 Å². The Morgan fingerprint density at radius 2 is 1.62 bits per heavy atom. The number of fused-ring (bicyclic) bond motifs is 2. The van der Waals surface area contributed by atoms with Crippen LogP contribution in [-0.2, 0) is 18.8 Å². The molecule has 2 N–H and O–H groups in total. The minimum absolute atomic E-state index is 0.0287. The number of benzene rings is 2. The molecule has 1 amide bonds. The number of halogens is 6. The number of carbonyl (C=O) groups is 1. The van der Waals surface area contributed by atoms with E-state index in [-0.39, 0.29) is 31.3 Å². The largest absolute Gasteiger partial charge is 0.416 e. The summed E-state index contributed by atoms with van der Waals surface area (Å²) in [5.74, 6) is -0.867. The Labute approximate surface area is 208 Å². The first-order chi connectivity index (χ1) is 17.5. The number of carbonyl (C=O) groups excluding carboxylic acids is 1. The van der Waals surface area contributed by atoms with Gasteiger partial charge in [0.15, 0.2) is 0 Å². The number of aromatic amines is 1. The summed E-state index contributed by atoms with van der Waals surface area (Å²) in [6.07, 6.45) is -6.56. The van der Waals surface area contributed by atoms with Crippen molar-refractivity contribution in [1.82, 2.24) is 14.8 Å². The zero-order valence-corrected chi connectivity index (χ0v) is 19.6. The second-order valence-electron chi connectivity index (χ2n) is 9.73. The second-order valence-corrected chi connectivity index (χ2v) is 9.73. The quantitative estimate of drug-likeness (QED) is 0.467. The van der Waals surface area contributed by atoms with Crippen LogP contribution >= 0.6 is 0 Å². The van der Waals surface area contributed by atoms with Crippen LogP contribution in [0.2, 0.25) is 0 Å². The molecular weight excluding hydrogens is 500 g/mol. The van der Waals surface area contributed by atoms with Crippen molar-refractivity contribution in [2.75, 3.05) is 19.7 Å². The Hall–Kier alpha value is -3.05. The number of alkyl halides is 6. The number of aliphatic hydroxyl groups excluding tert-OH is 1. The number of nitrogens with zero attached hydrogens (tertiary/aromatic N) is 2. The topological polar surface area (TPSA) is 59.6 Å². The van der Waals surface area contributed by atoms with Gasteiger partial charge in [-0.2, -0.15) is 26.3 Å². The van der Waals surface area contributed by atoms with Crippen LogP contribution < -0.4 is 0 Å². The van der Waals surface area contributed by atoms with Gasteiger partial charge in [0, 0.05) is 53.9 Å². The average Bonchev–Trinajstić information content (AvgIpc) is 3.45. The molecule has 2 aliphatic heterocycles. The summed E-state index contributed by atoms with van der Waals surface area (Å²) in [5, 5.41) is 10.7. The molecule has 3 heterocycles. The second kappa shape index (κ2) is 9.36. The van der Waals surface area contributed by atoms with Gasteiger partial charge in [-0.1, -0.05) is 18.2 Å². The number of amides is 1. The van der Waals surface area contributed by atoms with E-state index in [0.717, 1.165) is 16.5 Å². The summed E-state index contributed by atoms with van der Waals surface area (Å²) in [5.41, 5.74) is -1.91. The van der Waals surface area contributed by atoms with Gasteiger partial charge in [0.1, 0.15) is 0 Å². The number of aliphatic hydroxyl groups is 1. The van der Waals surface area contributed by atoms with Gasteiger partial charge in [0.05, 0.1) is 17.7 Å². The highest BCUT2D eigenvalue weighted by molar-refractivity contribution is 5.95. The van der Waals surface area contributed by atoms with Gasteiger partial charge in [-0.3, -0.25) is 9.69 Å². The molecule has 2 saturated heterocycles. The van der Waals surface area contributed by atoms with Crippen molar-refractivity contribution in [2.45, 2.75) is 49.7 Å². The highest BCUT2D eigenvalue weighted by atomic mass is 19.4. The van der Waals surface area contributed by atoms with Crippen molar-refractivity contribution < 1.29 is 36.2 Å². The number of piperazine rings is 1. The third kappa shape index (κ3) is 4.94. The Bertz CT molecular complexity index is 1270. The van der Waals surface area contributed by atoms with Crippen molar-refractivity contribution in [3.8, 4) is 0 Å². The lowest BCUT2D eigenvalue weighted by molar-refractivity contribution is -0.143. The van der Waals surface area contributed by atoms with E-state index in [1.165, 1.54) is 4.90 Å². The lowest BCUT2D eigenvalue weighted by Crippen LogP contribution is -2.60. The minimum atomic E-state index is -5.04. The Morgan fingerprint density at radius 1 is 0.946 bits per heavy atom. The lowest BCUT2D eigenvalue weighted by Gasteiger charge is -2.45. The fourth-order valence-corrected chi connectivity index (χ4v) is 5.65. The van der Waals surface area contributed by atoms with E-state index in [0.29, 0.717) is 37.9 Å². The predicted molar refractivity (Wildman–Crippen MR) is 124 cm³/mol. The SMILES string of the molecule is O=C(c1cc(C(F)(F)F)cc(C(F)(F)F)c1)N1C[C@H]2CC[C@H](CO)N2CC1Cc1c[nH]c2ccccc12. The number of rotatable bonds is 4. The summed E-state index contributed by atoms with van der Waals surface area (Å²) in [4.78, 5) is 20.3. The maximum absolute atomic E-state index is 13.6. The first kappa shape index (κ1) is 25.6. The van der Waals surface area contributed by atoms with Crippen LogP contribution in [0.5, 0.6) is 0 Å². The molecule has 1 unspecified atom stereocenters. The van der Waals surface area contributed by atoms with Gasteiger partial charge in [0.2, 0.25) is 0 Å². The van der Waals surface area contributed by atoms with E-state index in [1.807, 2.05) is 24.3 Å². The molecule has 198 valence electrons. The van der Waals surface area contributed by atoms with Crippen molar-refractivity contribution >= 4 is 16.8 Å². The van der Waals surface area contributed by atoms with Crippen LogP contribution in [0, 0.1) is 0 Å². The van der Waals surface area contributed by atoms with E-state index >= 15 is 0 Å². The first-order valence-electron chi connectivity index (χ1n) is 12.0. The number of aromatic nitrogens is 1. The maximum Gasteiger partial charge on any atom is 0.416 e. The van der Waals surface area contributed by atoms with E-state index in [9.17, 15) is 36.2 Å². The van der Waals surface area contributed by atoms with Crippen molar-refractivity contribution in [3.63, 3.8) is 0 Å². The van der Waals surface area contributed by atoms with Gasteiger partial charge < -0.3 is 15.0 Å². The number of para-hydroxylation sites is 1. The van der Waals surface area contributed by atoms with Gasteiger partial charge in [0.25, 0.3) is 5.91 Å². The molecule has 37 heavy (non-hydrogen) atoms. The van der Waals surface area contributed by atoms with Crippen molar-refractivity contribution in [2.24, 2.45) is 0 Å². The Balaban J connectivity index is 1.53. The van der Waals surface area contributed by atoms with Crippen LogP contribution in [0.1, 0.15) is 39.9 Å². The standard InChI is InChI=1S/C26H25F6N3O2/c27-25(28,29)17-7-15(8-18(10-17)26(30,31)32)24(37)35-12-19-5-6-20(14-36)34(19)13-21(35)9-16-11-33-23-4-2-1-3-22(16)23/h1-4,7-8,10-11,19-21,33,36H,5-6,9,12-14H2/t19-,20-,21?/m1/s1. The third-order valence-electron chi connectivity index (χ3n) is 7.48. The molecule has 2 aromatic carbocycles. The van der Waals surface area contributed by atoms with Gasteiger partial charge >= 0.3 is 12.4 Å². The van der Waals surface area contributed by atoms with Gasteiger partial charge in [-0.15, -0.1) is 0 Å². The van der Waals surface area contributed by atoms with E-state index in [4.69, 9.17) is 0 Å². The summed E-state index contributed by atoms with van der Waals surface area (Å²) in [6, 6.07) is 7.81. The van der Waals surface area contributed by atoms with Crippen LogP contribution in [-0.4, -0.2) is 63.6 Å². The Kier molecular flexibility index (Phi) is 6.47.